The number of primary amides is 1. The zero-order valence-corrected chi connectivity index (χ0v) is 11.2. The lowest BCUT2D eigenvalue weighted by atomic mass is 9.64. The molecule has 0 aliphatic heterocycles. The summed E-state index contributed by atoms with van der Waals surface area (Å²) < 4.78 is 5.21. The first-order valence-electron chi connectivity index (χ1n) is 6.83. The minimum absolute atomic E-state index is 0.245. The Bertz CT molecular complexity index is 535. The zero-order chi connectivity index (χ0) is 14.2. The van der Waals surface area contributed by atoms with E-state index < -0.39 is 6.09 Å². The summed E-state index contributed by atoms with van der Waals surface area (Å²) in [5.74, 6) is -0.245. The quantitative estimate of drug-likeness (QED) is 0.877. The van der Waals surface area contributed by atoms with Crippen LogP contribution >= 0.6 is 0 Å². The first-order valence-corrected chi connectivity index (χ1v) is 6.83. The van der Waals surface area contributed by atoms with Crippen LogP contribution in [-0.2, 0) is 16.1 Å². The van der Waals surface area contributed by atoms with Crippen LogP contribution in [0.1, 0.15) is 31.2 Å². The molecule has 0 atom stereocenters. The molecule has 2 bridgehead atoms. The van der Waals surface area contributed by atoms with E-state index in [0.717, 1.165) is 18.4 Å². The van der Waals surface area contributed by atoms with Crippen molar-refractivity contribution in [2.75, 3.05) is 0 Å². The molecule has 3 fully saturated rings. The summed E-state index contributed by atoms with van der Waals surface area (Å²) in [5, 5.41) is 2.90. The smallest absolute Gasteiger partial charge is 0.407 e. The molecule has 0 heterocycles. The molecule has 3 saturated carbocycles. The van der Waals surface area contributed by atoms with Gasteiger partial charge in [-0.25, -0.2) is 4.79 Å². The Hall–Kier alpha value is -2.04. The van der Waals surface area contributed by atoms with Gasteiger partial charge in [-0.05, 0) is 31.2 Å². The molecule has 5 nitrogen and oxygen atoms in total. The number of amides is 2. The zero-order valence-electron chi connectivity index (χ0n) is 11.2. The van der Waals surface area contributed by atoms with Gasteiger partial charge in [0.15, 0.2) is 0 Å². The summed E-state index contributed by atoms with van der Waals surface area (Å²) in [6.07, 6.45) is 2.44. The number of fused-ring (bicyclic) bond motifs is 1. The van der Waals surface area contributed by atoms with E-state index in [1.165, 1.54) is 0 Å². The number of alkyl carbamates (subject to hydrolysis) is 1. The molecule has 1 aromatic carbocycles. The molecule has 106 valence electrons. The lowest BCUT2D eigenvalue weighted by Crippen LogP contribution is -2.59. The van der Waals surface area contributed by atoms with Gasteiger partial charge in [-0.15, -0.1) is 0 Å². The summed E-state index contributed by atoms with van der Waals surface area (Å²) in [6, 6.07) is 9.53. The van der Waals surface area contributed by atoms with Crippen molar-refractivity contribution in [3.8, 4) is 0 Å². The molecular weight excluding hydrogens is 256 g/mol. The lowest BCUT2D eigenvalue weighted by molar-refractivity contribution is -0.132. The van der Waals surface area contributed by atoms with Crippen LogP contribution < -0.4 is 11.1 Å². The highest BCUT2D eigenvalue weighted by Crippen LogP contribution is 2.61. The average Bonchev–Trinajstić information content (AvgIpc) is 2.94. The topological polar surface area (TPSA) is 81.4 Å². The average molecular weight is 274 g/mol. The van der Waals surface area contributed by atoms with Crippen molar-refractivity contribution in [2.24, 2.45) is 11.1 Å². The SMILES string of the molecule is NC(=O)C12CCC(NC(=O)OCc3ccccc3)(C1)C2. The number of hydrogen-bond donors (Lipinski definition) is 2. The maximum atomic E-state index is 11.8. The molecule has 0 aromatic heterocycles. The Balaban J connectivity index is 1.50. The Labute approximate surface area is 117 Å². The fourth-order valence-corrected chi connectivity index (χ4v) is 3.50. The largest absolute Gasteiger partial charge is 0.445 e. The molecule has 1 aromatic rings. The molecule has 3 aliphatic carbocycles. The molecular formula is C15H18N2O3. The highest BCUT2D eigenvalue weighted by molar-refractivity contribution is 5.84. The van der Waals surface area contributed by atoms with E-state index in [1.807, 2.05) is 30.3 Å². The normalized spacial score (nSPS) is 30.4. The van der Waals surface area contributed by atoms with Crippen LogP contribution in [0.15, 0.2) is 30.3 Å². The standard InChI is InChI=1S/C15H18N2O3/c16-12(18)14-6-7-15(9-14,10-14)17-13(19)20-8-11-4-2-1-3-5-11/h1-5H,6-10H2,(H2,16,18)(H,17,19). The van der Waals surface area contributed by atoms with Crippen LogP contribution in [0.25, 0.3) is 0 Å². The Kier molecular flexibility index (Phi) is 2.92. The van der Waals surface area contributed by atoms with Crippen LogP contribution in [0.4, 0.5) is 4.79 Å². The molecule has 3 N–H and O–H groups in total. The summed E-state index contributed by atoms with van der Waals surface area (Å²) in [5.41, 5.74) is 5.70. The summed E-state index contributed by atoms with van der Waals surface area (Å²) in [6.45, 7) is 0.254. The molecule has 3 aliphatic rings. The van der Waals surface area contributed by atoms with Gasteiger partial charge in [0.1, 0.15) is 6.61 Å². The van der Waals surface area contributed by atoms with Crippen molar-refractivity contribution in [2.45, 2.75) is 37.8 Å². The summed E-state index contributed by atoms with van der Waals surface area (Å²) in [7, 11) is 0. The fourth-order valence-electron chi connectivity index (χ4n) is 3.50. The predicted octanol–water partition coefficient (Wildman–Crippen LogP) is 1.71. The van der Waals surface area contributed by atoms with Gasteiger partial charge in [0.2, 0.25) is 5.91 Å². The molecule has 0 radical (unpaired) electrons. The number of hydrogen-bond acceptors (Lipinski definition) is 3. The lowest BCUT2D eigenvalue weighted by Gasteiger charge is -2.45. The predicted molar refractivity (Wildman–Crippen MR) is 72.6 cm³/mol. The van der Waals surface area contributed by atoms with E-state index >= 15 is 0 Å². The van der Waals surface area contributed by atoms with Gasteiger partial charge in [0.25, 0.3) is 0 Å². The third kappa shape index (κ3) is 2.13. The number of nitrogens with one attached hydrogen (secondary N) is 1. The molecule has 0 saturated heterocycles. The molecule has 5 heteroatoms. The van der Waals surface area contributed by atoms with E-state index in [0.29, 0.717) is 12.8 Å². The highest BCUT2D eigenvalue weighted by atomic mass is 16.5. The minimum Gasteiger partial charge on any atom is -0.445 e. The first-order chi connectivity index (χ1) is 9.54. The second-order valence-corrected chi connectivity index (χ2v) is 5.97. The number of nitrogens with two attached hydrogens (primary N) is 1. The summed E-state index contributed by atoms with van der Waals surface area (Å²) in [4.78, 5) is 23.2. The van der Waals surface area contributed by atoms with Crippen LogP contribution in [0, 0.1) is 5.41 Å². The molecule has 20 heavy (non-hydrogen) atoms. The molecule has 0 spiro atoms. The van der Waals surface area contributed by atoms with Crippen molar-refractivity contribution in [1.82, 2.24) is 5.32 Å². The Morgan fingerprint density at radius 2 is 1.90 bits per heavy atom. The van der Waals surface area contributed by atoms with Crippen molar-refractivity contribution < 1.29 is 14.3 Å². The van der Waals surface area contributed by atoms with Crippen LogP contribution in [-0.4, -0.2) is 17.5 Å². The van der Waals surface area contributed by atoms with Gasteiger partial charge in [0, 0.05) is 5.54 Å². The van der Waals surface area contributed by atoms with Crippen LogP contribution in [0.2, 0.25) is 0 Å². The van der Waals surface area contributed by atoms with E-state index in [4.69, 9.17) is 10.5 Å². The maximum absolute atomic E-state index is 11.8. The van der Waals surface area contributed by atoms with Crippen molar-refractivity contribution in [3.05, 3.63) is 35.9 Å². The van der Waals surface area contributed by atoms with Crippen molar-refractivity contribution >= 4 is 12.0 Å². The second kappa shape index (κ2) is 4.51. The molecule has 0 unspecified atom stereocenters. The number of rotatable bonds is 4. The van der Waals surface area contributed by atoms with E-state index in [-0.39, 0.29) is 23.5 Å². The van der Waals surface area contributed by atoms with E-state index in [1.54, 1.807) is 0 Å². The van der Waals surface area contributed by atoms with Gasteiger partial charge in [-0.2, -0.15) is 0 Å². The third-order valence-corrected chi connectivity index (χ3v) is 4.54. The summed E-state index contributed by atoms with van der Waals surface area (Å²) >= 11 is 0. The monoisotopic (exact) mass is 274 g/mol. The Morgan fingerprint density at radius 3 is 2.50 bits per heavy atom. The number of benzene rings is 1. The van der Waals surface area contributed by atoms with Gasteiger partial charge in [-0.3, -0.25) is 4.79 Å². The van der Waals surface area contributed by atoms with Gasteiger partial charge in [0.05, 0.1) is 5.41 Å². The fraction of sp³-hybridized carbons (Fsp3) is 0.467. The van der Waals surface area contributed by atoms with Crippen molar-refractivity contribution in [3.63, 3.8) is 0 Å². The number of carbonyl (C=O) groups excluding carboxylic acids is 2. The minimum atomic E-state index is -0.422. The highest BCUT2D eigenvalue weighted by Gasteiger charge is 2.64. The van der Waals surface area contributed by atoms with Crippen molar-refractivity contribution in [1.29, 1.82) is 0 Å². The third-order valence-electron chi connectivity index (χ3n) is 4.54. The number of carbonyl (C=O) groups is 2. The Morgan fingerprint density at radius 1 is 1.20 bits per heavy atom. The second-order valence-electron chi connectivity index (χ2n) is 5.97. The first kappa shape index (κ1) is 13.0. The maximum Gasteiger partial charge on any atom is 0.407 e. The van der Waals surface area contributed by atoms with Crippen LogP contribution in [0.5, 0.6) is 0 Å². The van der Waals surface area contributed by atoms with Gasteiger partial charge >= 0.3 is 6.09 Å². The molecule has 4 rings (SSSR count). The van der Waals surface area contributed by atoms with Crippen LogP contribution in [0.3, 0.4) is 0 Å². The van der Waals surface area contributed by atoms with Gasteiger partial charge in [-0.1, -0.05) is 30.3 Å². The van der Waals surface area contributed by atoms with Gasteiger partial charge < -0.3 is 15.8 Å². The van der Waals surface area contributed by atoms with E-state index in [2.05, 4.69) is 5.32 Å². The van der Waals surface area contributed by atoms with E-state index in [9.17, 15) is 9.59 Å². The molecule has 2 amide bonds. The number of ether oxygens (including phenoxy) is 1.